The molecule has 2 aromatic carbocycles. The maximum absolute atomic E-state index is 5.74. The highest BCUT2D eigenvalue weighted by Gasteiger charge is 2.12. The highest BCUT2D eigenvalue weighted by Crippen LogP contribution is 2.29. The van der Waals surface area contributed by atoms with E-state index in [2.05, 4.69) is 47.7 Å². The third-order valence-corrected chi connectivity index (χ3v) is 4.96. The van der Waals surface area contributed by atoms with Crippen LogP contribution >= 0.6 is 0 Å². The van der Waals surface area contributed by atoms with E-state index in [-0.39, 0.29) is 6.10 Å². The number of rotatable bonds is 6. The molecule has 4 rings (SSSR count). The van der Waals surface area contributed by atoms with Crippen molar-refractivity contribution < 1.29 is 4.74 Å². The molecule has 0 N–H and O–H groups in total. The van der Waals surface area contributed by atoms with Crippen molar-refractivity contribution in [3.8, 4) is 17.0 Å². The smallest absolute Gasteiger partial charge is 0.137 e. The van der Waals surface area contributed by atoms with Gasteiger partial charge in [-0.3, -0.25) is 4.98 Å². The van der Waals surface area contributed by atoms with Crippen molar-refractivity contribution in [2.24, 2.45) is 0 Å². The molecule has 0 saturated heterocycles. The Morgan fingerprint density at radius 3 is 2.53 bits per heavy atom. The Kier molecular flexibility index (Phi) is 5.48. The van der Waals surface area contributed by atoms with Gasteiger partial charge in [-0.2, -0.15) is 0 Å². The lowest BCUT2D eigenvalue weighted by molar-refractivity contribution is 0.242. The predicted molar refractivity (Wildman–Crippen MR) is 125 cm³/mol. The van der Waals surface area contributed by atoms with Crippen molar-refractivity contribution in [2.45, 2.75) is 26.9 Å². The third kappa shape index (κ3) is 3.90. The molecule has 2 heterocycles. The number of para-hydroxylation sites is 1. The van der Waals surface area contributed by atoms with Crippen LogP contribution in [0.4, 0.5) is 0 Å². The van der Waals surface area contributed by atoms with Crippen LogP contribution in [0.3, 0.4) is 0 Å². The summed E-state index contributed by atoms with van der Waals surface area (Å²) in [6.45, 7) is 10.1. The molecule has 0 bridgehead atoms. The van der Waals surface area contributed by atoms with Crippen molar-refractivity contribution >= 4 is 28.8 Å². The van der Waals surface area contributed by atoms with E-state index in [1.807, 2.05) is 67.2 Å². The highest BCUT2D eigenvalue weighted by molar-refractivity contribution is 5.94. The Balaban J connectivity index is 1.71. The van der Waals surface area contributed by atoms with Crippen LogP contribution in [0.15, 0.2) is 73.6 Å². The third-order valence-electron chi connectivity index (χ3n) is 4.96. The number of imidazole rings is 1. The molecule has 0 aliphatic carbocycles. The second kappa shape index (κ2) is 8.37. The maximum atomic E-state index is 5.74. The molecule has 0 atom stereocenters. The molecule has 0 radical (unpaired) electrons. The molecule has 4 heteroatoms. The number of hydrogen-bond acceptors (Lipinski definition) is 3. The van der Waals surface area contributed by atoms with Gasteiger partial charge in [0.15, 0.2) is 0 Å². The Bertz CT molecular complexity index is 1210. The summed E-state index contributed by atoms with van der Waals surface area (Å²) in [5.74, 6) is 1.71. The largest absolute Gasteiger partial charge is 0.491 e. The van der Waals surface area contributed by atoms with Crippen LogP contribution in [0.2, 0.25) is 0 Å². The number of aromatic nitrogens is 3. The molecule has 0 fully saturated rings. The molecule has 0 spiro atoms. The maximum Gasteiger partial charge on any atom is 0.137 e. The van der Waals surface area contributed by atoms with Crippen molar-refractivity contribution in [3.63, 3.8) is 0 Å². The van der Waals surface area contributed by atoms with E-state index in [1.54, 1.807) is 6.20 Å². The molecule has 0 saturated carbocycles. The normalized spacial score (nSPS) is 11.8. The van der Waals surface area contributed by atoms with Crippen LogP contribution in [0.1, 0.15) is 32.2 Å². The van der Waals surface area contributed by atoms with Crippen molar-refractivity contribution in [2.75, 3.05) is 0 Å². The first kappa shape index (κ1) is 19.6. The number of ether oxygens (including phenoxy) is 1. The molecule has 0 aliphatic heterocycles. The second-order valence-corrected chi connectivity index (χ2v) is 7.45. The fraction of sp³-hybridized carbons (Fsp3) is 0.154. The minimum atomic E-state index is 0.162. The monoisotopic (exact) mass is 395 g/mol. The summed E-state index contributed by atoms with van der Waals surface area (Å²) in [7, 11) is 0. The number of pyridine rings is 1. The van der Waals surface area contributed by atoms with Gasteiger partial charge in [0.05, 0.1) is 23.5 Å². The summed E-state index contributed by atoms with van der Waals surface area (Å²) in [5.41, 5.74) is 5.28. The minimum Gasteiger partial charge on any atom is -0.491 e. The van der Waals surface area contributed by atoms with Crippen molar-refractivity contribution in [1.82, 2.24) is 14.5 Å². The highest BCUT2D eigenvalue weighted by atomic mass is 16.5. The standard InChI is InChI=1S/C26H25N3O/c1-5-29-25(23-14-15-27-24-9-7-6-8-22(23)24)17-28-26(29)16-19(4)20-10-12-21(13-11-20)30-18(2)3/h5-18H,1H2,2-4H3/b19-16+. The average molecular weight is 396 g/mol. The molecule has 0 amide bonds. The topological polar surface area (TPSA) is 39.9 Å². The molecule has 2 aromatic heterocycles. The Morgan fingerprint density at radius 2 is 1.80 bits per heavy atom. The van der Waals surface area contributed by atoms with Crippen molar-refractivity contribution in [3.05, 3.63) is 85.0 Å². The molecule has 30 heavy (non-hydrogen) atoms. The van der Waals surface area contributed by atoms with Crippen LogP contribution in [0.5, 0.6) is 5.75 Å². The van der Waals surface area contributed by atoms with E-state index in [0.717, 1.165) is 44.9 Å². The van der Waals surface area contributed by atoms with E-state index < -0.39 is 0 Å². The zero-order valence-corrected chi connectivity index (χ0v) is 17.5. The van der Waals surface area contributed by atoms with Gasteiger partial charge in [0.25, 0.3) is 0 Å². The van der Waals surface area contributed by atoms with Gasteiger partial charge in [-0.1, -0.05) is 36.9 Å². The van der Waals surface area contributed by atoms with E-state index in [0.29, 0.717) is 0 Å². The van der Waals surface area contributed by atoms with Crippen LogP contribution in [-0.2, 0) is 0 Å². The van der Waals surface area contributed by atoms with E-state index in [1.165, 1.54) is 0 Å². The Labute approximate surface area is 177 Å². The average Bonchev–Trinajstić information content (AvgIpc) is 3.15. The summed E-state index contributed by atoms with van der Waals surface area (Å²) >= 11 is 0. The summed E-state index contributed by atoms with van der Waals surface area (Å²) < 4.78 is 7.75. The van der Waals surface area contributed by atoms with Gasteiger partial charge in [0.2, 0.25) is 0 Å². The predicted octanol–water partition coefficient (Wildman–Crippen LogP) is 6.55. The van der Waals surface area contributed by atoms with Gasteiger partial charge in [0, 0.05) is 23.3 Å². The lowest BCUT2D eigenvalue weighted by Crippen LogP contribution is -2.05. The molecule has 0 unspecified atom stereocenters. The van der Waals surface area contributed by atoms with Gasteiger partial charge < -0.3 is 9.30 Å². The minimum absolute atomic E-state index is 0.162. The molecule has 4 aromatic rings. The van der Waals surface area contributed by atoms with E-state index >= 15 is 0 Å². The van der Waals surface area contributed by atoms with Gasteiger partial charge >= 0.3 is 0 Å². The summed E-state index contributed by atoms with van der Waals surface area (Å²) in [6.07, 6.45) is 7.76. The van der Waals surface area contributed by atoms with E-state index in [9.17, 15) is 0 Å². The van der Waals surface area contributed by atoms with Gasteiger partial charge in [-0.15, -0.1) is 0 Å². The van der Waals surface area contributed by atoms with Crippen molar-refractivity contribution in [1.29, 1.82) is 0 Å². The quantitative estimate of drug-likeness (QED) is 0.372. The number of nitrogens with zero attached hydrogens (tertiary/aromatic N) is 3. The summed E-state index contributed by atoms with van der Waals surface area (Å²) in [5, 5.41) is 1.09. The van der Waals surface area contributed by atoms with E-state index in [4.69, 9.17) is 4.74 Å². The molecule has 0 aliphatic rings. The summed E-state index contributed by atoms with van der Waals surface area (Å²) in [6, 6.07) is 18.3. The SMILES string of the molecule is C=Cn1c(-c2ccnc3ccccc23)cnc1/C=C(\C)c1ccc(OC(C)C)cc1. The molecular weight excluding hydrogens is 370 g/mol. The fourth-order valence-electron chi connectivity index (χ4n) is 3.54. The zero-order chi connectivity index (χ0) is 21.1. The fourth-order valence-corrected chi connectivity index (χ4v) is 3.54. The zero-order valence-electron chi connectivity index (χ0n) is 17.5. The molecular formula is C26H25N3O. The van der Waals surface area contributed by atoms with Gasteiger partial charge in [0.1, 0.15) is 11.6 Å². The molecule has 150 valence electrons. The van der Waals surface area contributed by atoms with Crippen LogP contribution in [-0.4, -0.2) is 20.6 Å². The number of fused-ring (bicyclic) bond motifs is 1. The first-order valence-electron chi connectivity index (χ1n) is 10.1. The van der Waals surface area contributed by atoms with Crippen LogP contribution < -0.4 is 4.74 Å². The first-order valence-corrected chi connectivity index (χ1v) is 10.1. The Morgan fingerprint density at radius 1 is 1.03 bits per heavy atom. The number of allylic oxidation sites excluding steroid dienone is 1. The summed E-state index contributed by atoms with van der Waals surface area (Å²) in [4.78, 5) is 9.13. The second-order valence-electron chi connectivity index (χ2n) is 7.45. The van der Waals surface area contributed by atoms with Crippen LogP contribution in [0, 0.1) is 0 Å². The lowest BCUT2D eigenvalue weighted by Gasteiger charge is -2.11. The molecule has 4 nitrogen and oxygen atoms in total. The first-order chi connectivity index (χ1) is 14.6. The number of benzene rings is 2. The van der Waals surface area contributed by atoms with Gasteiger partial charge in [-0.05, 0) is 62.2 Å². The van der Waals surface area contributed by atoms with Gasteiger partial charge in [-0.25, -0.2) is 4.98 Å². The lowest BCUT2D eigenvalue weighted by atomic mass is 10.1. The Hall–Kier alpha value is -3.66. The number of hydrogen-bond donors (Lipinski definition) is 0. The van der Waals surface area contributed by atoms with Crippen LogP contribution in [0.25, 0.3) is 40.0 Å².